The van der Waals surface area contributed by atoms with Crippen LogP contribution in [-0.2, 0) is 0 Å². The summed E-state index contributed by atoms with van der Waals surface area (Å²) in [5.41, 5.74) is 7.21. The van der Waals surface area contributed by atoms with Gasteiger partial charge in [0.25, 0.3) is 0 Å². The second kappa shape index (κ2) is 8.03. The van der Waals surface area contributed by atoms with Crippen molar-refractivity contribution in [2.45, 2.75) is 96.3 Å². The van der Waals surface area contributed by atoms with E-state index in [1.165, 1.54) is 75.3 Å². The van der Waals surface area contributed by atoms with Gasteiger partial charge in [0.15, 0.2) is 0 Å². The lowest BCUT2D eigenvalue weighted by molar-refractivity contribution is 0.0944. The van der Waals surface area contributed by atoms with Crippen LogP contribution in [-0.4, -0.2) is 26.8 Å². The molecule has 2 aliphatic rings. The number of rotatable bonds is 3. The van der Waals surface area contributed by atoms with Crippen LogP contribution in [0, 0.1) is 13.8 Å². The van der Waals surface area contributed by atoms with Gasteiger partial charge in [0.2, 0.25) is 5.91 Å². The molecule has 1 aromatic carbocycles. The molecule has 1 heterocycles. The zero-order valence-corrected chi connectivity index (χ0v) is 18.0. The van der Waals surface area contributed by atoms with Gasteiger partial charge in [-0.1, -0.05) is 38.5 Å². The van der Waals surface area contributed by atoms with E-state index in [-0.39, 0.29) is 13.8 Å². The van der Waals surface area contributed by atoms with Crippen LogP contribution in [0.3, 0.4) is 0 Å². The molecule has 0 unspecified atom stereocenters. The van der Waals surface area contributed by atoms with Crippen molar-refractivity contribution >= 4 is 30.4 Å². The predicted octanol–water partition coefficient (Wildman–Crippen LogP) is 6.09. The van der Waals surface area contributed by atoms with E-state index in [0.29, 0.717) is 0 Å². The third-order valence-electron chi connectivity index (χ3n) is 6.73. The van der Waals surface area contributed by atoms with Crippen molar-refractivity contribution in [2.75, 3.05) is 0 Å². The van der Waals surface area contributed by atoms with E-state index in [2.05, 4.69) is 26.0 Å². The molecule has 0 aliphatic heterocycles. The summed E-state index contributed by atoms with van der Waals surface area (Å²) in [4.78, 5) is 17.9. The van der Waals surface area contributed by atoms with Gasteiger partial charge in [-0.2, -0.15) is 0 Å². The number of aryl methyl sites for hydroxylation is 2. The number of hydrogen-bond donors (Lipinski definition) is 0. The van der Waals surface area contributed by atoms with Crippen molar-refractivity contribution in [2.24, 2.45) is 0 Å². The molecule has 0 radical (unpaired) electrons. The summed E-state index contributed by atoms with van der Waals surface area (Å²) < 4.78 is 2.00. The first-order valence-corrected chi connectivity index (χ1v) is 12.3. The highest BCUT2D eigenvalue weighted by Gasteiger charge is 2.36. The minimum atomic E-state index is -0.380. The van der Waals surface area contributed by atoms with Crippen LogP contribution in [0.1, 0.15) is 87.1 Å². The molecule has 0 amide bonds. The zero-order chi connectivity index (χ0) is 19.0. The van der Waals surface area contributed by atoms with Gasteiger partial charge in [0, 0.05) is 6.92 Å². The fraction of sp³-hybridized carbons (Fsp3) is 0.652. The molecule has 2 saturated carbocycles. The number of hydrogen-bond acceptors (Lipinski definition) is 2. The average molecular weight is 385 g/mol. The molecule has 4 heteroatoms. The van der Waals surface area contributed by atoms with Crippen molar-refractivity contribution in [3.63, 3.8) is 0 Å². The monoisotopic (exact) mass is 384 g/mol. The minimum absolute atomic E-state index is 0.134. The Morgan fingerprint density at radius 3 is 1.96 bits per heavy atom. The summed E-state index contributed by atoms with van der Waals surface area (Å²) in [7, 11) is -0.380. The summed E-state index contributed by atoms with van der Waals surface area (Å²) >= 11 is 0. The van der Waals surface area contributed by atoms with Crippen LogP contribution in [0.25, 0.3) is 11.0 Å². The molecule has 0 spiro atoms. The Balaban J connectivity index is 1.86. The zero-order valence-electron chi connectivity index (χ0n) is 17.1. The smallest absolute Gasteiger partial charge is 0.229 e. The fourth-order valence-electron chi connectivity index (χ4n) is 5.15. The summed E-state index contributed by atoms with van der Waals surface area (Å²) in [5, 5.41) is 0. The lowest BCUT2D eigenvalue weighted by Gasteiger charge is -2.37. The number of aromatic nitrogens is 2. The largest absolute Gasteiger partial charge is 0.274 e. The number of carbonyl (C=O) groups excluding carboxylic acids is 1. The molecule has 0 bridgehead atoms. The van der Waals surface area contributed by atoms with E-state index >= 15 is 0 Å². The molecule has 4 rings (SSSR count). The maximum absolute atomic E-state index is 12.7. The Labute approximate surface area is 164 Å². The lowest BCUT2D eigenvalue weighted by Crippen LogP contribution is -2.32. The highest BCUT2D eigenvalue weighted by molar-refractivity contribution is 7.66. The summed E-state index contributed by atoms with van der Waals surface area (Å²) in [6.45, 7) is 6.00. The van der Waals surface area contributed by atoms with Crippen molar-refractivity contribution in [1.29, 1.82) is 0 Å². The van der Waals surface area contributed by atoms with Gasteiger partial charge in [-0.3, -0.25) is 9.36 Å². The third-order valence-corrected chi connectivity index (χ3v) is 10.1. The van der Waals surface area contributed by atoms with E-state index in [4.69, 9.17) is 4.98 Å². The van der Waals surface area contributed by atoms with Crippen LogP contribution >= 0.6 is 7.92 Å². The molecule has 0 saturated heterocycles. The maximum Gasteiger partial charge on any atom is 0.229 e. The number of benzene rings is 1. The number of imidazole rings is 1. The Morgan fingerprint density at radius 1 is 0.926 bits per heavy atom. The summed E-state index contributed by atoms with van der Waals surface area (Å²) in [6, 6.07) is 4.36. The van der Waals surface area contributed by atoms with Gasteiger partial charge in [-0.15, -0.1) is 0 Å². The quantitative estimate of drug-likeness (QED) is 0.601. The molecule has 2 aromatic rings. The summed E-state index contributed by atoms with van der Waals surface area (Å²) in [6.07, 6.45) is 13.5. The fourth-order valence-corrected chi connectivity index (χ4v) is 8.94. The molecular formula is C23H33N2OP. The first-order chi connectivity index (χ1) is 13.1. The first kappa shape index (κ1) is 19.1. The molecule has 0 atom stereocenters. The van der Waals surface area contributed by atoms with Gasteiger partial charge in [-0.05, 0) is 82.0 Å². The van der Waals surface area contributed by atoms with Gasteiger partial charge in [-0.25, -0.2) is 4.98 Å². The molecule has 3 nitrogen and oxygen atoms in total. The molecular weight excluding hydrogens is 351 g/mol. The van der Waals surface area contributed by atoms with E-state index in [1.807, 2.05) is 4.57 Å². The normalized spacial score (nSPS) is 19.9. The highest BCUT2D eigenvalue weighted by atomic mass is 31.1. The second-order valence-electron chi connectivity index (χ2n) is 8.68. The summed E-state index contributed by atoms with van der Waals surface area (Å²) in [5.74, 6) is 0.134. The molecule has 2 aliphatic carbocycles. The van der Waals surface area contributed by atoms with E-state index in [0.717, 1.165) is 27.9 Å². The number of carbonyl (C=O) groups is 1. The van der Waals surface area contributed by atoms with Crippen molar-refractivity contribution < 1.29 is 4.79 Å². The molecule has 2 fully saturated rings. The van der Waals surface area contributed by atoms with Crippen molar-refractivity contribution in [3.05, 3.63) is 23.3 Å². The van der Waals surface area contributed by atoms with Crippen LogP contribution in [0.15, 0.2) is 12.1 Å². The van der Waals surface area contributed by atoms with Crippen molar-refractivity contribution in [3.8, 4) is 0 Å². The van der Waals surface area contributed by atoms with Crippen LogP contribution < -0.4 is 5.57 Å². The molecule has 0 N–H and O–H groups in total. The Hall–Kier alpha value is -1.21. The van der Waals surface area contributed by atoms with Crippen LogP contribution in [0.2, 0.25) is 0 Å². The van der Waals surface area contributed by atoms with Crippen LogP contribution in [0.5, 0.6) is 0 Å². The highest BCUT2D eigenvalue weighted by Crippen LogP contribution is 2.54. The average Bonchev–Trinajstić information content (AvgIpc) is 3.02. The van der Waals surface area contributed by atoms with Gasteiger partial charge < -0.3 is 0 Å². The standard InChI is InChI=1S/C23H33N2OP/c1-16-14-21-22(15-17(16)2)25(18(3)26)23(24-21)27(19-10-6-4-7-11-19)20-12-8-5-9-13-20/h14-15,19-20H,4-13H2,1-3H3. The first-order valence-electron chi connectivity index (χ1n) is 10.8. The maximum atomic E-state index is 12.7. The van der Waals surface area contributed by atoms with Crippen LogP contribution in [0.4, 0.5) is 0 Å². The Bertz CT molecular complexity index is 811. The number of fused-ring (bicyclic) bond motifs is 1. The second-order valence-corrected chi connectivity index (χ2v) is 11.4. The molecule has 146 valence electrons. The molecule has 27 heavy (non-hydrogen) atoms. The SMILES string of the molecule is CC(=O)n1c(P(C2CCCCC2)C2CCCCC2)nc2cc(C)c(C)cc21. The predicted molar refractivity (Wildman–Crippen MR) is 116 cm³/mol. The van der Waals surface area contributed by atoms with E-state index < -0.39 is 0 Å². The minimum Gasteiger partial charge on any atom is -0.274 e. The van der Waals surface area contributed by atoms with E-state index in [1.54, 1.807) is 6.92 Å². The third kappa shape index (κ3) is 3.73. The van der Waals surface area contributed by atoms with Crippen molar-refractivity contribution in [1.82, 2.24) is 9.55 Å². The van der Waals surface area contributed by atoms with Gasteiger partial charge in [0.05, 0.1) is 11.0 Å². The van der Waals surface area contributed by atoms with E-state index in [9.17, 15) is 4.79 Å². The molecule has 1 aromatic heterocycles. The topological polar surface area (TPSA) is 34.9 Å². The Morgan fingerprint density at radius 2 is 1.44 bits per heavy atom. The lowest BCUT2D eigenvalue weighted by atomic mass is 9.99. The van der Waals surface area contributed by atoms with Gasteiger partial charge >= 0.3 is 0 Å². The Kier molecular flexibility index (Phi) is 5.69. The number of nitrogens with zero attached hydrogens (tertiary/aromatic N) is 2. The van der Waals surface area contributed by atoms with Gasteiger partial charge in [0.1, 0.15) is 5.57 Å².